The Morgan fingerprint density at radius 3 is 2.85 bits per heavy atom. The van der Waals surface area contributed by atoms with Gasteiger partial charge in [0, 0.05) is 5.56 Å². The van der Waals surface area contributed by atoms with Gasteiger partial charge in [-0.05, 0) is 49.8 Å². The number of halogens is 1. The highest BCUT2D eigenvalue weighted by molar-refractivity contribution is 6.32. The summed E-state index contributed by atoms with van der Waals surface area (Å²) in [6.45, 7) is 2.20. The van der Waals surface area contributed by atoms with E-state index in [0.717, 1.165) is 12.8 Å². The Morgan fingerprint density at radius 2 is 2.20 bits per heavy atom. The number of nitrogens with zero attached hydrogens (tertiary/aromatic N) is 1. The highest BCUT2D eigenvalue weighted by atomic mass is 35.5. The van der Waals surface area contributed by atoms with Gasteiger partial charge in [-0.15, -0.1) is 0 Å². The van der Waals surface area contributed by atoms with E-state index in [4.69, 9.17) is 27.3 Å². The molecule has 0 heterocycles. The van der Waals surface area contributed by atoms with Crippen LogP contribution in [0.5, 0.6) is 5.75 Å². The molecule has 1 fully saturated rings. The Balaban J connectivity index is 2.13. The van der Waals surface area contributed by atoms with Gasteiger partial charge in [0.25, 0.3) is 0 Å². The Hall–Kier alpha value is -1.42. The largest absolute Gasteiger partial charge is 0.489 e. The van der Waals surface area contributed by atoms with Crippen LogP contribution in [0.3, 0.4) is 0 Å². The molecule has 2 rings (SSSR count). The fourth-order valence-electron chi connectivity index (χ4n) is 2.77. The van der Waals surface area contributed by atoms with Gasteiger partial charge in [0.2, 0.25) is 0 Å². The van der Waals surface area contributed by atoms with Crippen molar-refractivity contribution >= 4 is 17.4 Å². The predicted molar refractivity (Wildman–Crippen MR) is 80.6 cm³/mol. The van der Waals surface area contributed by atoms with Crippen LogP contribution >= 0.6 is 11.6 Å². The summed E-state index contributed by atoms with van der Waals surface area (Å²) < 4.78 is 6.08. The summed E-state index contributed by atoms with van der Waals surface area (Å²) in [5.74, 6) is 1.32. The zero-order valence-corrected chi connectivity index (χ0v) is 12.4. The van der Waals surface area contributed by atoms with Gasteiger partial charge in [-0.3, -0.25) is 0 Å². The molecule has 110 valence electrons. The molecule has 0 aromatic heterocycles. The summed E-state index contributed by atoms with van der Waals surface area (Å²) in [4.78, 5) is 0. The van der Waals surface area contributed by atoms with Crippen LogP contribution < -0.4 is 10.5 Å². The summed E-state index contributed by atoms with van der Waals surface area (Å²) in [5.41, 5.74) is 6.13. The van der Waals surface area contributed by atoms with E-state index >= 15 is 0 Å². The Labute approximate surface area is 124 Å². The van der Waals surface area contributed by atoms with Gasteiger partial charge < -0.3 is 15.7 Å². The van der Waals surface area contributed by atoms with Crippen LogP contribution in [-0.4, -0.2) is 17.1 Å². The van der Waals surface area contributed by atoms with E-state index in [1.54, 1.807) is 18.2 Å². The van der Waals surface area contributed by atoms with E-state index in [2.05, 4.69) is 12.1 Å². The van der Waals surface area contributed by atoms with Crippen molar-refractivity contribution in [2.75, 3.05) is 0 Å². The number of oxime groups is 1. The van der Waals surface area contributed by atoms with Gasteiger partial charge in [0.15, 0.2) is 5.84 Å². The molecule has 1 aromatic rings. The van der Waals surface area contributed by atoms with Crippen LogP contribution in [0.25, 0.3) is 0 Å². The number of hydrogen-bond donors (Lipinski definition) is 2. The molecule has 0 amide bonds. The molecule has 4 nitrogen and oxygen atoms in total. The maximum atomic E-state index is 8.66. The first-order valence-corrected chi connectivity index (χ1v) is 7.47. The SMILES string of the molecule is CCC1CCCCC1Oc1ccc(C(N)=NO)cc1Cl. The molecular formula is C15H21ClN2O2. The zero-order chi connectivity index (χ0) is 14.5. The van der Waals surface area contributed by atoms with Gasteiger partial charge in [0.1, 0.15) is 11.9 Å². The third-order valence-corrected chi connectivity index (χ3v) is 4.27. The lowest BCUT2D eigenvalue weighted by atomic mass is 9.85. The van der Waals surface area contributed by atoms with E-state index < -0.39 is 0 Å². The molecule has 20 heavy (non-hydrogen) atoms. The summed E-state index contributed by atoms with van der Waals surface area (Å²) in [6.07, 6.45) is 6.17. The van der Waals surface area contributed by atoms with Crippen LogP contribution in [-0.2, 0) is 0 Å². The van der Waals surface area contributed by atoms with Gasteiger partial charge in [-0.2, -0.15) is 0 Å². The lowest BCUT2D eigenvalue weighted by molar-refractivity contribution is 0.0905. The second-order valence-electron chi connectivity index (χ2n) is 5.24. The second kappa shape index (κ2) is 6.84. The molecule has 1 aliphatic carbocycles. The van der Waals surface area contributed by atoms with E-state index in [0.29, 0.717) is 22.3 Å². The number of rotatable bonds is 4. The number of nitrogens with two attached hydrogens (primary N) is 1. The van der Waals surface area contributed by atoms with Crippen molar-refractivity contribution in [1.82, 2.24) is 0 Å². The van der Waals surface area contributed by atoms with Crippen molar-refractivity contribution < 1.29 is 9.94 Å². The lowest BCUT2D eigenvalue weighted by Gasteiger charge is -2.31. The van der Waals surface area contributed by atoms with Gasteiger partial charge in [0.05, 0.1) is 5.02 Å². The fourth-order valence-corrected chi connectivity index (χ4v) is 3.00. The van der Waals surface area contributed by atoms with Crippen LogP contribution in [0.1, 0.15) is 44.6 Å². The highest BCUT2D eigenvalue weighted by Gasteiger charge is 2.25. The molecule has 1 aliphatic rings. The quantitative estimate of drug-likeness (QED) is 0.384. The summed E-state index contributed by atoms with van der Waals surface area (Å²) in [6, 6.07) is 5.20. The molecule has 2 unspecified atom stereocenters. The van der Waals surface area contributed by atoms with Crippen molar-refractivity contribution in [1.29, 1.82) is 0 Å². The van der Waals surface area contributed by atoms with Crippen molar-refractivity contribution in [3.05, 3.63) is 28.8 Å². The third kappa shape index (κ3) is 3.37. The molecular weight excluding hydrogens is 276 g/mol. The first kappa shape index (κ1) is 15.0. The van der Waals surface area contributed by atoms with Gasteiger partial charge in [-0.25, -0.2) is 0 Å². The molecule has 0 radical (unpaired) electrons. The molecule has 0 spiro atoms. The first-order chi connectivity index (χ1) is 9.65. The molecule has 1 saturated carbocycles. The zero-order valence-electron chi connectivity index (χ0n) is 11.7. The molecule has 5 heteroatoms. The Kier molecular flexibility index (Phi) is 5.12. The van der Waals surface area contributed by atoms with E-state index in [1.807, 2.05) is 0 Å². The van der Waals surface area contributed by atoms with Crippen molar-refractivity contribution in [3.8, 4) is 5.75 Å². The Morgan fingerprint density at radius 1 is 1.45 bits per heavy atom. The minimum atomic E-state index is 0.0440. The average Bonchev–Trinajstić information content (AvgIpc) is 2.49. The van der Waals surface area contributed by atoms with E-state index in [1.165, 1.54) is 19.3 Å². The highest BCUT2D eigenvalue weighted by Crippen LogP contribution is 2.33. The number of amidine groups is 1. The summed E-state index contributed by atoms with van der Waals surface area (Å²) in [7, 11) is 0. The molecule has 0 aliphatic heterocycles. The summed E-state index contributed by atoms with van der Waals surface area (Å²) in [5, 5.41) is 12.1. The minimum Gasteiger partial charge on any atom is -0.489 e. The predicted octanol–water partition coefficient (Wildman–Crippen LogP) is 3.78. The number of hydrogen-bond acceptors (Lipinski definition) is 3. The molecule has 0 bridgehead atoms. The minimum absolute atomic E-state index is 0.0440. The van der Waals surface area contributed by atoms with E-state index in [9.17, 15) is 0 Å². The maximum Gasteiger partial charge on any atom is 0.170 e. The van der Waals surface area contributed by atoms with Crippen molar-refractivity contribution in [3.63, 3.8) is 0 Å². The normalized spacial score (nSPS) is 23.6. The fraction of sp³-hybridized carbons (Fsp3) is 0.533. The molecule has 1 aromatic carbocycles. The molecule has 3 N–H and O–H groups in total. The number of ether oxygens (including phenoxy) is 1. The van der Waals surface area contributed by atoms with Gasteiger partial charge in [-0.1, -0.05) is 30.1 Å². The van der Waals surface area contributed by atoms with Crippen molar-refractivity contribution in [2.24, 2.45) is 16.8 Å². The molecule has 0 saturated heterocycles. The van der Waals surface area contributed by atoms with Crippen LogP contribution in [0.15, 0.2) is 23.4 Å². The number of benzene rings is 1. The van der Waals surface area contributed by atoms with E-state index in [-0.39, 0.29) is 11.9 Å². The lowest BCUT2D eigenvalue weighted by Crippen LogP contribution is -2.30. The maximum absolute atomic E-state index is 8.66. The smallest absolute Gasteiger partial charge is 0.170 e. The topological polar surface area (TPSA) is 67.8 Å². The van der Waals surface area contributed by atoms with Crippen LogP contribution in [0.4, 0.5) is 0 Å². The first-order valence-electron chi connectivity index (χ1n) is 7.09. The summed E-state index contributed by atoms with van der Waals surface area (Å²) >= 11 is 6.22. The Bertz CT molecular complexity index is 491. The van der Waals surface area contributed by atoms with Crippen LogP contribution in [0, 0.1) is 5.92 Å². The van der Waals surface area contributed by atoms with Crippen LogP contribution in [0.2, 0.25) is 5.02 Å². The van der Waals surface area contributed by atoms with Gasteiger partial charge >= 0.3 is 0 Å². The third-order valence-electron chi connectivity index (χ3n) is 3.98. The standard InChI is InChI=1S/C15H21ClN2O2/c1-2-10-5-3-4-6-13(10)20-14-8-7-11(9-12(14)16)15(17)18-19/h7-10,13,19H,2-6H2,1H3,(H2,17,18). The monoisotopic (exact) mass is 296 g/mol. The molecule has 2 atom stereocenters. The van der Waals surface area contributed by atoms with Crippen molar-refractivity contribution in [2.45, 2.75) is 45.1 Å². The second-order valence-corrected chi connectivity index (χ2v) is 5.65. The average molecular weight is 297 g/mol.